The number of rotatable bonds is 1. The Balaban J connectivity index is 2.64. The zero-order valence-corrected chi connectivity index (χ0v) is 11.1. The van der Waals surface area contributed by atoms with Crippen LogP contribution in [-0.4, -0.2) is 28.0 Å². The summed E-state index contributed by atoms with van der Waals surface area (Å²) in [6.07, 6.45) is 2.46. The number of hydrogen-bond acceptors (Lipinski definition) is 5. The lowest BCUT2D eigenvalue weighted by Gasteiger charge is -2.11. The van der Waals surface area contributed by atoms with Crippen LogP contribution in [-0.2, 0) is 14.5 Å². The molecule has 0 N–H and O–H groups in total. The summed E-state index contributed by atoms with van der Waals surface area (Å²) < 4.78 is 23.6. The van der Waals surface area contributed by atoms with E-state index in [9.17, 15) is 8.42 Å². The normalized spacial score (nSPS) is 13.2. The largest absolute Gasteiger partial charge is 0.264 e. The summed E-state index contributed by atoms with van der Waals surface area (Å²) in [4.78, 5) is 8.02. The lowest BCUT2D eigenvalue weighted by atomic mass is 9.96. The van der Waals surface area contributed by atoms with Crippen molar-refractivity contribution >= 4 is 25.5 Å². The van der Waals surface area contributed by atoms with Crippen molar-refractivity contribution in [1.29, 1.82) is 0 Å². The van der Waals surface area contributed by atoms with E-state index in [1.165, 1.54) is 16.9 Å². The van der Waals surface area contributed by atoms with E-state index in [1.54, 1.807) is 0 Å². The van der Waals surface area contributed by atoms with Gasteiger partial charge in [-0.1, -0.05) is 20.8 Å². The second-order valence-corrected chi connectivity index (χ2v) is 7.22. The van der Waals surface area contributed by atoms with Gasteiger partial charge in [0.2, 0.25) is 0 Å². The molecule has 2 aromatic rings. The molecule has 6 nitrogen and oxygen atoms in total. The van der Waals surface area contributed by atoms with Crippen LogP contribution in [0.5, 0.6) is 0 Å². The lowest BCUT2D eigenvalue weighted by molar-refractivity contribution is 0.545. The van der Waals surface area contributed by atoms with Gasteiger partial charge in [-0.05, 0) is 0 Å². The molecule has 2 heterocycles. The molecule has 0 unspecified atom stereocenters. The van der Waals surface area contributed by atoms with Crippen LogP contribution in [0.2, 0.25) is 0 Å². The molecule has 0 aliphatic carbocycles. The molecule has 0 spiro atoms. The molecule has 0 aromatic carbocycles. The first-order valence-electron chi connectivity index (χ1n) is 4.85. The zero-order chi connectivity index (χ0) is 12.8. The standard InChI is InChI=1S/C9H11ClN4O2S/c1-9(2,3)7-12-8-11-4-6(17(10,15)16)5-14(8)13-7/h4-5H,1-3H3. The molecule has 92 valence electrons. The average Bonchev–Trinajstić information content (AvgIpc) is 2.57. The predicted molar refractivity (Wildman–Crippen MR) is 62.5 cm³/mol. The first-order chi connectivity index (χ1) is 7.68. The number of hydrogen-bond donors (Lipinski definition) is 0. The van der Waals surface area contributed by atoms with Crippen molar-refractivity contribution < 1.29 is 8.42 Å². The van der Waals surface area contributed by atoms with Gasteiger partial charge in [-0.2, -0.15) is 4.98 Å². The van der Waals surface area contributed by atoms with Crippen LogP contribution < -0.4 is 0 Å². The quantitative estimate of drug-likeness (QED) is 0.734. The Morgan fingerprint density at radius 2 is 2.00 bits per heavy atom. The van der Waals surface area contributed by atoms with Crippen molar-refractivity contribution in [3.63, 3.8) is 0 Å². The van der Waals surface area contributed by atoms with Crippen LogP contribution in [0.25, 0.3) is 5.78 Å². The Hall–Kier alpha value is -1.21. The minimum absolute atomic E-state index is 0.1000. The van der Waals surface area contributed by atoms with Crippen molar-refractivity contribution in [2.75, 3.05) is 0 Å². The van der Waals surface area contributed by atoms with E-state index in [0.717, 1.165) is 0 Å². The number of fused-ring (bicyclic) bond motifs is 1. The molecule has 0 bridgehead atoms. The molecule has 2 rings (SSSR count). The summed E-state index contributed by atoms with van der Waals surface area (Å²) in [6, 6.07) is 0. The maximum absolute atomic E-state index is 11.1. The van der Waals surface area contributed by atoms with Crippen molar-refractivity contribution in [2.45, 2.75) is 31.1 Å². The monoisotopic (exact) mass is 274 g/mol. The topological polar surface area (TPSA) is 77.2 Å². The van der Waals surface area contributed by atoms with E-state index in [-0.39, 0.29) is 10.3 Å². The first kappa shape index (κ1) is 12.3. The number of halogens is 1. The fourth-order valence-electron chi connectivity index (χ4n) is 1.21. The van der Waals surface area contributed by atoms with Gasteiger partial charge in [-0.15, -0.1) is 5.10 Å². The fraction of sp³-hybridized carbons (Fsp3) is 0.444. The van der Waals surface area contributed by atoms with Gasteiger partial charge in [0.15, 0.2) is 5.82 Å². The van der Waals surface area contributed by atoms with E-state index < -0.39 is 9.05 Å². The summed E-state index contributed by atoms with van der Waals surface area (Å²) >= 11 is 0. The lowest BCUT2D eigenvalue weighted by Crippen LogP contribution is -2.13. The molecule has 2 aromatic heterocycles. The van der Waals surface area contributed by atoms with Crippen LogP contribution in [0, 0.1) is 0 Å². The van der Waals surface area contributed by atoms with Crippen LogP contribution in [0.4, 0.5) is 0 Å². The molecule has 0 atom stereocenters. The Kier molecular flexibility index (Phi) is 2.62. The smallest absolute Gasteiger partial charge is 0.218 e. The van der Waals surface area contributed by atoms with Crippen molar-refractivity contribution in [3.05, 3.63) is 18.2 Å². The molecule has 0 amide bonds. The molecular formula is C9H11ClN4O2S. The molecule has 0 aliphatic heterocycles. The summed E-state index contributed by atoms with van der Waals surface area (Å²) in [5.74, 6) is 0.938. The Bertz CT molecular complexity index is 672. The summed E-state index contributed by atoms with van der Waals surface area (Å²) in [5.41, 5.74) is -0.228. The summed E-state index contributed by atoms with van der Waals surface area (Å²) in [6.45, 7) is 5.88. The second-order valence-electron chi connectivity index (χ2n) is 4.66. The van der Waals surface area contributed by atoms with E-state index >= 15 is 0 Å². The second kappa shape index (κ2) is 3.64. The van der Waals surface area contributed by atoms with E-state index in [4.69, 9.17) is 10.7 Å². The molecular weight excluding hydrogens is 264 g/mol. The Morgan fingerprint density at radius 1 is 1.35 bits per heavy atom. The zero-order valence-electron chi connectivity index (χ0n) is 9.55. The highest BCUT2D eigenvalue weighted by atomic mass is 35.7. The Morgan fingerprint density at radius 3 is 2.53 bits per heavy atom. The molecule has 0 saturated heterocycles. The van der Waals surface area contributed by atoms with E-state index in [1.807, 2.05) is 20.8 Å². The number of nitrogens with zero attached hydrogens (tertiary/aromatic N) is 4. The van der Waals surface area contributed by atoms with Gasteiger partial charge in [0.1, 0.15) is 4.90 Å². The molecule has 17 heavy (non-hydrogen) atoms. The molecule has 0 saturated carbocycles. The van der Waals surface area contributed by atoms with Crippen molar-refractivity contribution in [1.82, 2.24) is 19.6 Å². The van der Waals surface area contributed by atoms with Crippen molar-refractivity contribution in [2.24, 2.45) is 0 Å². The van der Waals surface area contributed by atoms with Gasteiger partial charge in [0, 0.05) is 16.1 Å². The van der Waals surface area contributed by atoms with Crippen LogP contribution in [0.3, 0.4) is 0 Å². The van der Waals surface area contributed by atoms with Gasteiger partial charge in [-0.3, -0.25) is 0 Å². The van der Waals surface area contributed by atoms with E-state index in [2.05, 4.69) is 15.1 Å². The molecule has 8 heteroatoms. The number of aromatic nitrogens is 4. The van der Waals surface area contributed by atoms with Gasteiger partial charge >= 0.3 is 0 Å². The maximum atomic E-state index is 11.1. The molecule has 0 radical (unpaired) electrons. The third-order valence-corrected chi connectivity index (χ3v) is 3.43. The van der Waals surface area contributed by atoms with Crippen LogP contribution in [0.1, 0.15) is 26.6 Å². The van der Waals surface area contributed by atoms with Gasteiger partial charge in [0.25, 0.3) is 14.8 Å². The van der Waals surface area contributed by atoms with Crippen molar-refractivity contribution in [3.8, 4) is 0 Å². The van der Waals surface area contributed by atoms with Gasteiger partial charge in [0.05, 0.1) is 12.4 Å². The summed E-state index contributed by atoms with van der Waals surface area (Å²) in [5, 5.41) is 4.18. The molecule has 0 fully saturated rings. The highest BCUT2D eigenvalue weighted by Crippen LogP contribution is 2.19. The van der Waals surface area contributed by atoms with Crippen LogP contribution in [0.15, 0.2) is 17.3 Å². The van der Waals surface area contributed by atoms with Gasteiger partial charge in [-0.25, -0.2) is 17.9 Å². The average molecular weight is 275 g/mol. The maximum Gasteiger partial charge on any atom is 0.264 e. The van der Waals surface area contributed by atoms with Crippen LogP contribution >= 0.6 is 10.7 Å². The third kappa shape index (κ3) is 2.39. The summed E-state index contributed by atoms with van der Waals surface area (Å²) in [7, 11) is 1.43. The van der Waals surface area contributed by atoms with E-state index in [0.29, 0.717) is 11.6 Å². The van der Waals surface area contributed by atoms with Gasteiger partial charge < -0.3 is 0 Å². The Labute approximate surface area is 103 Å². The highest BCUT2D eigenvalue weighted by Gasteiger charge is 2.21. The minimum atomic E-state index is -3.80. The molecule has 0 aliphatic rings. The first-order valence-corrected chi connectivity index (χ1v) is 7.16. The fourth-order valence-corrected chi connectivity index (χ4v) is 1.85. The minimum Gasteiger partial charge on any atom is -0.218 e. The predicted octanol–water partition coefficient (Wildman–Crippen LogP) is 1.35. The highest BCUT2D eigenvalue weighted by molar-refractivity contribution is 8.13. The third-order valence-electron chi connectivity index (χ3n) is 2.12. The SMILES string of the molecule is CC(C)(C)c1nc2ncc(S(=O)(=O)Cl)cn2n1.